The van der Waals surface area contributed by atoms with Crippen LogP contribution >= 0.6 is 11.6 Å². The molecule has 17 heavy (non-hydrogen) atoms. The first-order valence-corrected chi connectivity index (χ1v) is 5.43. The van der Waals surface area contributed by atoms with Gasteiger partial charge in [-0.05, 0) is 30.7 Å². The normalized spacial score (nSPS) is 10.2. The van der Waals surface area contributed by atoms with Crippen molar-refractivity contribution in [2.24, 2.45) is 0 Å². The summed E-state index contributed by atoms with van der Waals surface area (Å²) in [5, 5.41) is 2.98. The van der Waals surface area contributed by atoms with Crippen LogP contribution in [0.3, 0.4) is 0 Å². The van der Waals surface area contributed by atoms with E-state index in [1.165, 1.54) is 0 Å². The van der Waals surface area contributed by atoms with Crippen molar-refractivity contribution in [3.63, 3.8) is 0 Å². The summed E-state index contributed by atoms with van der Waals surface area (Å²) in [5.41, 5.74) is 0.850. The zero-order valence-corrected chi connectivity index (χ0v) is 9.98. The number of imidazole rings is 1. The highest BCUT2D eigenvalue weighted by atomic mass is 35.5. The quantitative estimate of drug-likeness (QED) is 0.905. The van der Waals surface area contributed by atoms with Gasteiger partial charge in [0.15, 0.2) is 0 Å². The van der Waals surface area contributed by atoms with Crippen LogP contribution in [0, 0.1) is 6.92 Å². The molecule has 0 aliphatic rings. The summed E-state index contributed by atoms with van der Waals surface area (Å²) in [6.07, 6.45) is 3.19. The molecule has 6 heteroatoms. The SMILES string of the molecule is Cc1cccc(NC(=O)Cn2ccnc2Cl)n1. The zero-order valence-electron chi connectivity index (χ0n) is 9.22. The Kier molecular flexibility index (Phi) is 3.39. The van der Waals surface area contributed by atoms with Gasteiger partial charge in [0.05, 0.1) is 0 Å². The molecule has 1 amide bonds. The molecule has 2 aromatic rings. The fourth-order valence-electron chi connectivity index (χ4n) is 1.38. The number of nitrogens with one attached hydrogen (secondary N) is 1. The number of aryl methyl sites for hydroxylation is 1. The molecule has 0 saturated heterocycles. The number of hydrogen-bond acceptors (Lipinski definition) is 3. The molecule has 5 nitrogen and oxygen atoms in total. The topological polar surface area (TPSA) is 59.8 Å². The number of amides is 1. The van der Waals surface area contributed by atoms with Gasteiger partial charge in [-0.3, -0.25) is 4.79 Å². The number of anilines is 1. The largest absolute Gasteiger partial charge is 0.312 e. The standard InChI is InChI=1S/C11H11ClN4O/c1-8-3-2-4-9(14-8)15-10(17)7-16-6-5-13-11(16)12/h2-6H,7H2,1H3,(H,14,15,17). The van der Waals surface area contributed by atoms with Crippen LogP contribution in [0.25, 0.3) is 0 Å². The van der Waals surface area contributed by atoms with Crippen molar-refractivity contribution in [1.29, 1.82) is 0 Å². The van der Waals surface area contributed by atoms with Crippen LogP contribution in [-0.2, 0) is 11.3 Å². The third kappa shape index (κ3) is 3.04. The molecule has 0 spiro atoms. The molecule has 2 heterocycles. The lowest BCUT2D eigenvalue weighted by Gasteiger charge is -2.06. The van der Waals surface area contributed by atoms with Crippen molar-refractivity contribution >= 4 is 23.3 Å². The number of pyridine rings is 1. The molecule has 0 aromatic carbocycles. The van der Waals surface area contributed by atoms with Crippen LogP contribution in [0.5, 0.6) is 0 Å². The van der Waals surface area contributed by atoms with Gasteiger partial charge in [-0.1, -0.05) is 6.07 Å². The fourth-order valence-corrected chi connectivity index (χ4v) is 1.55. The molecule has 0 aliphatic heterocycles. The summed E-state index contributed by atoms with van der Waals surface area (Å²) in [4.78, 5) is 19.7. The van der Waals surface area contributed by atoms with Gasteiger partial charge in [0.1, 0.15) is 12.4 Å². The maximum atomic E-state index is 11.7. The van der Waals surface area contributed by atoms with E-state index >= 15 is 0 Å². The Balaban J connectivity index is 2.01. The molecule has 2 aromatic heterocycles. The van der Waals surface area contributed by atoms with E-state index < -0.39 is 0 Å². The lowest BCUT2D eigenvalue weighted by molar-refractivity contribution is -0.116. The monoisotopic (exact) mass is 250 g/mol. The summed E-state index contributed by atoms with van der Waals surface area (Å²) in [7, 11) is 0. The van der Waals surface area contributed by atoms with Gasteiger partial charge in [0.25, 0.3) is 0 Å². The average Bonchev–Trinajstić information content (AvgIpc) is 2.64. The van der Waals surface area contributed by atoms with E-state index in [-0.39, 0.29) is 17.7 Å². The maximum absolute atomic E-state index is 11.7. The second-order valence-corrected chi connectivity index (χ2v) is 3.87. The van der Waals surface area contributed by atoms with E-state index in [1.54, 1.807) is 23.0 Å². The van der Waals surface area contributed by atoms with E-state index in [0.717, 1.165) is 5.69 Å². The lowest BCUT2D eigenvalue weighted by atomic mass is 10.4. The van der Waals surface area contributed by atoms with Crippen molar-refractivity contribution in [2.75, 3.05) is 5.32 Å². The van der Waals surface area contributed by atoms with Gasteiger partial charge in [0.2, 0.25) is 11.2 Å². The first-order valence-electron chi connectivity index (χ1n) is 5.05. The predicted octanol–water partition coefficient (Wildman–Crippen LogP) is 1.88. The van der Waals surface area contributed by atoms with Crippen molar-refractivity contribution < 1.29 is 4.79 Å². The van der Waals surface area contributed by atoms with Crippen LogP contribution in [0.2, 0.25) is 5.28 Å². The molecule has 1 N–H and O–H groups in total. The molecule has 0 fully saturated rings. The number of halogens is 1. The summed E-state index contributed by atoms with van der Waals surface area (Å²) < 4.78 is 1.55. The van der Waals surface area contributed by atoms with Crippen molar-refractivity contribution in [2.45, 2.75) is 13.5 Å². The van der Waals surface area contributed by atoms with Gasteiger partial charge in [-0.2, -0.15) is 0 Å². The van der Waals surface area contributed by atoms with E-state index in [2.05, 4.69) is 15.3 Å². The van der Waals surface area contributed by atoms with E-state index in [0.29, 0.717) is 5.82 Å². The average molecular weight is 251 g/mol. The number of rotatable bonds is 3. The highest BCUT2D eigenvalue weighted by Crippen LogP contribution is 2.07. The van der Waals surface area contributed by atoms with Crippen molar-refractivity contribution in [3.05, 3.63) is 41.6 Å². The summed E-state index contributed by atoms with van der Waals surface area (Å²) in [6, 6.07) is 5.44. The molecule has 0 aliphatic carbocycles. The molecule has 0 atom stereocenters. The molecule has 0 radical (unpaired) electrons. The minimum Gasteiger partial charge on any atom is -0.312 e. The lowest BCUT2D eigenvalue weighted by Crippen LogP contribution is -2.19. The van der Waals surface area contributed by atoms with Gasteiger partial charge in [-0.25, -0.2) is 9.97 Å². The Hall–Kier alpha value is -1.88. The molecule has 88 valence electrons. The highest BCUT2D eigenvalue weighted by molar-refractivity contribution is 6.28. The van der Waals surface area contributed by atoms with Crippen molar-refractivity contribution in [1.82, 2.24) is 14.5 Å². The van der Waals surface area contributed by atoms with E-state index in [9.17, 15) is 4.79 Å². The zero-order chi connectivity index (χ0) is 12.3. The summed E-state index contributed by atoms with van der Waals surface area (Å²) in [6.45, 7) is 1.98. The van der Waals surface area contributed by atoms with E-state index in [1.807, 2.05) is 19.1 Å². The second-order valence-electron chi connectivity index (χ2n) is 3.54. The highest BCUT2D eigenvalue weighted by Gasteiger charge is 2.06. The Bertz CT molecular complexity index is 538. The molecular formula is C11H11ClN4O. The molecule has 0 bridgehead atoms. The Labute approximate surface area is 103 Å². The first kappa shape index (κ1) is 11.6. The van der Waals surface area contributed by atoms with Gasteiger partial charge >= 0.3 is 0 Å². The Morgan fingerprint density at radius 3 is 3.00 bits per heavy atom. The third-order valence-electron chi connectivity index (χ3n) is 2.13. The molecular weight excluding hydrogens is 240 g/mol. The number of aromatic nitrogens is 3. The van der Waals surface area contributed by atoms with Gasteiger partial charge in [0, 0.05) is 18.1 Å². The third-order valence-corrected chi connectivity index (χ3v) is 2.45. The van der Waals surface area contributed by atoms with Crippen LogP contribution in [0.1, 0.15) is 5.69 Å². The second kappa shape index (κ2) is 4.97. The van der Waals surface area contributed by atoms with Crippen molar-refractivity contribution in [3.8, 4) is 0 Å². The Morgan fingerprint density at radius 1 is 1.53 bits per heavy atom. The smallest absolute Gasteiger partial charge is 0.245 e. The molecule has 0 unspecified atom stereocenters. The molecule has 0 saturated carbocycles. The maximum Gasteiger partial charge on any atom is 0.245 e. The van der Waals surface area contributed by atoms with Crippen LogP contribution < -0.4 is 5.32 Å². The van der Waals surface area contributed by atoms with Gasteiger partial charge in [-0.15, -0.1) is 0 Å². The fraction of sp³-hybridized carbons (Fsp3) is 0.182. The first-order chi connectivity index (χ1) is 8.15. The summed E-state index contributed by atoms with van der Waals surface area (Å²) in [5.74, 6) is 0.342. The van der Waals surface area contributed by atoms with E-state index in [4.69, 9.17) is 11.6 Å². The Morgan fingerprint density at radius 2 is 2.35 bits per heavy atom. The number of carbonyl (C=O) groups is 1. The minimum atomic E-state index is -0.192. The number of carbonyl (C=O) groups excluding carboxylic acids is 1. The predicted molar refractivity (Wildman–Crippen MR) is 64.8 cm³/mol. The van der Waals surface area contributed by atoms with Crippen LogP contribution in [0.15, 0.2) is 30.6 Å². The number of hydrogen-bond donors (Lipinski definition) is 1. The minimum absolute atomic E-state index is 0.119. The van der Waals surface area contributed by atoms with Gasteiger partial charge < -0.3 is 9.88 Å². The number of nitrogens with zero attached hydrogens (tertiary/aromatic N) is 3. The van der Waals surface area contributed by atoms with Crippen LogP contribution in [0.4, 0.5) is 5.82 Å². The summed E-state index contributed by atoms with van der Waals surface area (Å²) >= 11 is 5.77. The molecule has 2 rings (SSSR count). The van der Waals surface area contributed by atoms with Crippen LogP contribution in [-0.4, -0.2) is 20.4 Å².